The first-order valence-corrected chi connectivity index (χ1v) is 24.1. The van der Waals surface area contributed by atoms with E-state index >= 15 is 0 Å². The van der Waals surface area contributed by atoms with Crippen molar-refractivity contribution in [2.75, 3.05) is 19.8 Å². The molecule has 0 saturated carbocycles. The topological polar surface area (TPSA) is 191 Å². The van der Waals surface area contributed by atoms with Gasteiger partial charge in [0.05, 0.1) is 19.8 Å². The van der Waals surface area contributed by atoms with Crippen molar-refractivity contribution < 1.29 is 98.4 Å². The molecular weight excluding hydrogens is 894 g/mol. The van der Waals surface area contributed by atoms with E-state index in [1.54, 1.807) is 0 Å². The minimum atomic E-state index is -4.23. The maximum absolute atomic E-state index is 10.2. The summed E-state index contributed by atoms with van der Waals surface area (Å²) < 4.78 is 99.0. The van der Waals surface area contributed by atoms with E-state index in [1.807, 2.05) is 0 Å². The summed E-state index contributed by atoms with van der Waals surface area (Å²) in [5.74, 6) is 0. The second-order valence-corrected chi connectivity index (χ2v) is 16.6. The van der Waals surface area contributed by atoms with Crippen LogP contribution in [0.4, 0.5) is 0 Å². The Labute approximate surface area is 359 Å². The fraction of sp³-hybridized carbons (Fsp3) is 1.00. The quantitative estimate of drug-likeness (QED) is 0.0398. The van der Waals surface area contributed by atoms with Gasteiger partial charge in [-0.15, -0.1) is 0 Å². The maximum Gasteiger partial charge on any atom is 0.397 e. The second kappa shape index (κ2) is 44.8. The molecule has 0 atom stereocenters. The van der Waals surface area contributed by atoms with Crippen LogP contribution in [-0.2, 0) is 43.7 Å². The molecule has 0 aliphatic carbocycles. The van der Waals surface area contributed by atoms with Crippen LogP contribution < -0.4 is 0 Å². The molecule has 0 spiro atoms. The zero-order valence-electron chi connectivity index (χ0n) is 32.8. The van der Waals surface area contributed by atoms with Gasteiger partial charge in [0.1, 0.15) is 0 Å². The molecule has 0 aromatic heterocycles. The summed E-state index contributed by atoms with van der Waals surface area (Å²) in [4.78, 5) is 0. The molecule has 0 saturated heterocycles. The Kier molecular flexibility index (Phi) is 51.6. The molecule has 0 rings (SSSR count). The van der Waals surface area contributed by atoms with E-state index in [4.69, 9.17) is 13.7 Å². The molecular formula is C36H78O12S3Yb. The van der Waals surface area contributed by atoms with Gasteiger partial charge in [-0.1, -0.05) is 194 Å². The Bertz CT molecular complexity index is 883. The van der Waals surface area contributed by atoms with Crippen LogP contribution in [0.3, 0.4) is 0 Å². The van der Waals surface area contributed by atoms with E-state index in [0.717, 1.165) is 38.5 Å². The summed E-state index contributed by atoms with van der Waals surface area (Å²) in [7, 11) is -12.7. The summed E-state index contributed by atoms with van der Waals surface area (Å²) >= 11 is 0. The van der Waals surface area contributed by atoms with Gasteiger partial charge < -0.3 is 0 Å². The number of rotatable bonds is 36. The van der Waals surface area contributed by atoms with Crippen molar-refractivity contribution >= 4 is 31.2 Å². The fourth-order valence-electron chi connectivity index (χ4n) is 5.26. The van der Waals surface area contributed by atoms with E-state index in [-0.39, 0.29) is 66.7 Å². The van der Waals surface area contributed by atoms with Crippen LogP contribution in [0.1, 0.15) is 213 Å². The second-order valence-electron chi connectivity index (χ2n) is 13.3. The predicted octanol–water partition coefficient (Wildman–Crippen LogP) is 11.2. The Morgan fingerprint density at radius 2 is 0.423 bits per heavy atom. The van der Waals surface area contributed by atoms with Gasteiger partial charge in [0.15, 0.2) is 0 Å². The molecule has 0 radical (unpaired) electrons. The van der Waals surface area contributed by atoms with Crippen molar-refractivity contribution in [3.63, 3.8) is 0 Å². The monoisotopic (exact) mass is 972 g/mol. The van der Waals surface area contributed by atoms with Gasteiger partial charge in [-0.05, 0) is 19.3 Å². The van der Waals surface area contributed by atoms with Gasteiger partial charge >= 0.3 is 31.2 Å². The number of hydrogen-bond acceptors (Lipinski definition) is 9. The fourth-order valence-corrected chi connectivity index (χ4v) is 6.25. The molecule has 16 heteroatoms. The summed E-state index contributed by atoms with van der Waals surface area (Å²) in [6.07, 6.45) is 35.6. The third kappa shape index (κ3) is 69.1. The summed E-state index contributed by atoms with van der Waals surface area (Å²) in [5.41, 5.74) is 0. The van der Waals surface area contributed by atoms with Crippen molar-refractivity contribution in [1.82, 2.24) is 0 Å². The molecule has 0 aliphatic heterocycles. The minimum absolute atomic E-state index is 0. The van der Waals surface area contributed by atoms with Crippen LogP contribution in [0.25, 0.3) is 0 Å². The molecule has 0 unspecified atom stereocenters. The molecule has 326 valence electrons. The van der Waals surface area contributed by atoms with Crippen LogP contribution >= 0.6 is 0 Å². The molecule has 0 aliphatic rings. The molecule has 52 heavy (non-hydrogen) atoms. The van der Waals surface area contributed by atoms with Crippen molar-refractivity contribution in [2.24, 2.45) is 0 Å². The Morgan fingerprint density at radius 1 is 0.288 bits per heavy atom. The van der Waals surface area contributed by atoms with Gasteiger partial charge in [0, 0.05) is 46.9 Å². The Balaban J connectivity index is -0.000000329. The standard InChI is InChI=1S/3C12H26O4S.Yb/c3*1-2-3-4-5-6-7-8-9-10-11-12-16-17(13,14)15;/h3*2-12H2,1H3,(H,13,14,15);. The zero-order valence-corrected chi connectivity index (χ0v) is 37.0. The smallest absolute Gasteiger partial charge is 0.264 e. The van der Waals surface area contributed by atoms with E-state index in [2.05, 4.69) is 33.3 Å². The van der Waals surface area contributed by atoms with E-state index in [9.17, 15) is 25.3 Å². The SMILES string of the molecule is CCCCCCCCCCCCOS(=O)(=O)O.CCCCCCCCCCCCOS(=O)(=O)O.CCCCCCCCCCCCOS(=O)(=O)O.[Yb]. The largest absolute Gasteiger partial charge is 0.397 e. The first-order chi connectivity index (χ1) is 24.2. The molecule has 0 amide bonds. The van der Waals surface area contributed by atoms with E-state index in [1.165, 1.54) is 135 Å². The van der Waals surface area contributed by atoms with Crippen molar-refractivity contribution in [3.05, 3.63) is 0 Å². The minimum Gasteiger partial charge on any atom is -0.264 e. The molecule has 0 bridgehead atoms. The van der Waals surface area contributed by atoms with Gasteiger partial charge in [-0.3, -0.25) is 13.7 Å². The molecule has 3 N–H and O–H groups in total. The van der Waals surface area contributed by atoms with Crippen molar-refractivity contribution in [1.29, 1.82) is 0 Å². The first-order valence-electron chi connectivity index (χ1n) is 20.0. The number of unbranched alkanes of at least 4 members (excludes halogenated alkanes) is 27. The van der Waals surface area contributed by atoms with Crippen LogP contribution in [0.5, 0.6) is 0 Å². The molecule has 0 heterocycles. The molecule has 0 aromatic rings. The zero-order chi connectivity index (χ0) is 39.0. The average molecular weight is 972 g/mol. The first kappa shape index (κ1) is 59.8. The molecule has 12 nitrogen and oxygen atoms in total. The number of hydrogen-bond donors (Lipinski definition) is 3. The van der Waals surface area contributed by atoms with Crippen molar-refractivity contribution in [3.8, 4) is 0 Å². The Hall–Kier alpha value is 1.13. The van der Waals surface area contributed by atoms with Gasteiger partial charge in [-0.2, -0.15) is 25.3 Å². The third-order valence-electron chi connectivity index (χ3n) is 8.19. The normalized spacial score (nSPS) is 11.7. The van der Waals surface area contributed by atoms with E-state index < -0.39 is 31.2 Å². The Morgan fingerprint density at radius 3 is 0.558 bits per heavy atom. The van der Waals surface area contributed by atoms with E-state index in [0.29, 0.717) is 19.3 Å². The average Bonchev–Trinajstić information content (AvgIpc) is 3.04. The van der Waals surface area contributed by atoms with Crippen LogP contribution in [0.15, 0.2) is 0 Å². The van der Waals surface area contributed by atoms with Crippen LogP contribution in [0, 0.1) is 46.9 Å². The molecule has 0 aromatic carbocycles. The van der Waals surface area contributed by atoms with Crippen molar-refractivity contribution in [2.45, 2.75) is 213 Å². The van der Waals surface area contributed by atoms with Gasteiger partial charge in [-0.25, -0.2) is 12.5 Å². The predicted molar refractivity (Wildman–Crippen MR) is 208 cm³/mol. The van der Waals surface area contributed by atoms with Crippen LogP contribution in [-0.4, -0.2) is 58.7 Å². The third-order valence-corrected chi connectivity index (χ3v) is 9.58. The maximum atomic E-state index is 10.2. The van der Waals surface area contributed by atoms with Crippen LogP contribution in [0.2, 0.25) is 0 Å². The molecule has 0 fully saturated rings. The summed E-state index contributed by atoms with van der Waals surface area (Å²) in [6, 6.07) is 0. The summed E-state index contributed by atoms with van der Waals surface area (Å²) in [5, 5.41) is 0. The summed E-state index contributed by atoms with van der Waals surface area (Å²) in [6.45, 7) is 6.93. The van der Waals surface area contributed by atoms with Gasteiger partial charge in [0.2, 0.25) is 0 Å². The van der Waals surface area contributed by atoms with Gasteiger partial charge in [0.25, 0.3) is 0 Å².